The third-order valence-electron chi connectivity index (χ3n) is 3.54. The van der Waals surface area contributed by atoms with Crippen LogP contribution in [0.2, 0.25) is 0 Å². The lowest BCUT2D eigenvalue weighted by Gasteiger charge is -2.16. The molecule has 0 aliphatic rings. The van der Waals surface area contributed by atoms with Gasteiger partial charge in [-0.3, -0.25) is 0 Å². The zero-order chi connectivity index (χ0) is 16.1. The summed E-state index contributed by atoms with van der Waals surface area (Å²) in [5, 5.41) is 0. The Kier molecular flexibility index (Phi) is 5.50. The summed E-state index contributed by atoms with van der Waals surface area (Å²) >= 11 is 0. The maximum atomic E-state index is 5.93. The second-order valence-corrected chi connectivity index (χ2v) is 6.10. The van der Waals surface area contributed by atoms with Crippen LogP contribution in [0.4, 0.5) is 0 Å². The lowest BCUT2D eigenvalue weighted by molar-refractivity contribution is 0.245. The molecule has 0 aliphatic carbocycles. The average Bonchev–Trinajstić information content (AvgIpc) is 2.45. The van der Waals surface area contributed by atoms with E-state index in [0.717, 1.165) is 34.8 Å². The smallest absolute Gasteiger partial charge is 0.125 e. The summed E-state index contributed by atoms with van der Waals surface area (Å²) in [7, 11) is 0. The number of ether oxygens (including phenoxy) is 1. The average molecular weight is 299 g/mol. The molecular weight excluding hydrogens is 274 g/mol. The number of hydrogen-bond acceptors (Lipinski definition) is 4. The van der Waals surface area contributed by atoms with E-state index in [1.54, 1.807) is 6.20 Å². The van der Waals surface area contributed by atoms with E-state index in [1.165, 1.54) is 0 Å². The third kappa shape index (κ3) is 4.53. The summed E-state index contributed by atoms with van der Waals surface area (Å²) in [6.45, 7) is 8.84. The Bertz CT molecular complexity index is 625. The highest BCUT2D eigenvalue weighted by Crippen LogP contribution is 2.25. The van der Waals surface area contributed by atoms with Crippen molar-refractivity contribution in [3.05, 3.63) is 41.9 Å². The Morgan fingerprint density at radius 2 is 1.95 bits per heavy atom. The Balaban J connectivity index is 2.07. The largest absolute Gasteiger partial charge is 0.493 e. The number of hydrogen-bond donors (Lipinski definition) is 1. The van der Waals surface area contributed by atoms with E-state index >= 15 is 0 Å². The fraction of sp³-hybridized carbons (Fsp3) is 0.444. The van der Waals surface area contributed by atoms with Crippen LogP contribution in [0, 0.1) is 19.8 Å². The van der Waals surface area contributed by atoms with Crippen LogP contribution in [0.5, 0.6) is 5.75 Å². The molecule has 0 aliphatic heterocycles. The van der Waals surface area contributed by atoms with Crippen LogP contribution in [-0.4, -0.2) is 22.6 Å². The number of nitrogens with zero attached hydrogens (tertiary/aromatic N) is 2. The second-order valence-electron chi connectivity index (χ2n) is 6.10. The fourth-order valence-corrected chi connectivity index (χ4v) is 2.52. The fourth-order valence-electron chi connectivity index (χ4n) is 2.52. The standard InChI is InChI=1S/C18H25N3O/c1-12(9-14(3)19)11-22-18-6-5-16(10-13(18)2)17-7-8-20-15(4)21-17/h5-8,10,12,14H,9,11,19H2,1-4H3. The highest BCUT2D eigenvalue weighted by Gasteiger charge is 2.09. The Morgan fingerprint density at radius 3 is 2.59 bits per heavy atom. The normalized spacial score (nSPS) is 13.7. The summed E-state index contributed by atoms with van der Waals surface area (Å²) in [5.41, 5.74) is 8.95. The van der Waals surface area contributed by atoms with E-state index < -0.39 is 0 Å². The van der Waals surface area contributed by atoms with Gasteiger partial charge in [0, 0.05) is 17.8 Å². The quantitative estimate of drug-likeness (QED) is 0.886. The van der Waals surface area contributed by atoms with E-state index in [4.69, 9.17) is 10.5 Å². The molecule has 0 saturated carbocycles. The molecule has 1 aromatic carbocycles. The number of benzene rings is 1. The van der Waals surface area contributed by atoms with E-state index in [2.05, 4.69) is 29.9 Å². The molecule has 0 fully saturated rings. The number of nitrogens with two attached hydrogens (primary N) is 1. The molecular formula is C18H25N3O. The lowest BCUT2D eigenvalue weighted by atomic mass is 10.0. The first-order chi connectivity index (χ1) is 10.5. The van der Waals surface area contributed by atoms with Gasteiger partial charge in [0.15, 0.2) is 0 Å². The van der Waals surface area contributed by atoms with Crippen molar-refractivity contribution in [1.82, 2.24) is 9.97 Å². The van der Waals surface area contributed by atoms with E-state index in [-0.39, 0.29) is 6.04 Å². The summed E-state index contributed by atoms with van der Waals surface area (Å²) in [4.78, 5) is 8.59. The van der Waals surface area contributed by atoms with Gasteiger partial charge in [0.2, 0.25) is 0 Å². The van der Waals surface area contributed by atoms with Gasteiger partial charge < -0.3 is 10.5 Å². The van der Waals surface area contributed by atoms with Gasteiger partial charge in [-0.2, -0.15) is 0 Å². The molecule has 2 N–H and O–H groups in total. The molecule has 0 bridgehead atoms. The van der Waals surface area contributed by atoms with Crippen LogP contribution < -0.4 is 10.5 Å². The van der Waals surface area contributed by atoms with Gasteiger partial charge in [0.25, 0.3) is 0 Å². The van der Waals surface area contributed by atoms with Crippen LogP contribution in [0.15, 0.2) is 30.5 Å². The van der Waals surface area contributed by atoms with E-state index in [0.29, 0.717) is 12.5 Å². The van der Waals surface area contributed by atoms with Crippen LogP contribution in [0.1, 0.15) is 31.7 Å². The molecule has 0 amide bonds. The zero-order valence-electron chi connectivity index (χ0n) is 13.8. The van der Waals surface area contributed by atoms with Gasteiger partial charge in [0.05, 0.1) is 12.3 Å². The van der Waals surface area contributed by atoms with E-state index in [9.17, 15) is 0 Å². The van der Waals surface area contributed by atoms with Gasteiger partial charge in [0.1, 0.15) is 11.6 Å². The van der Waals surface area contributed by atoms with Gasteiger partial charge in [-0.15, -0.1) is 0 Å². The van der Waals surface area contributed by atoms with E-state index in [1.807, 2.05) is 32.0 Å². The minimum atomic E-state index is 0.211. The summed E-state index contributed by atoms with van der Waals surface area (Å²) in [5.74, 6) is 2.15. The monoisotopic (exact) mass is 299 g/mol. The first-order valence-electron chi connectivity index (χ1n) is 7.74. The first kappa shape index (κ1) is 16.4. The molecule has 1 heterocycles. The van der Waals surface area contributed by atoms with Crippen molar-refractivity contribution in [2.75, 3.05) is 6.61 Å². The molecule has 22 heavy (non-hydrogen) atoms. The molecule has 4 nitrogen and oxygen atoms in total. The van der Waals surface area contributed by atoms with Gasteiger partial charge in [-0.05, 0) is 62.9 Å². The lowest BCUT2D eigenvalue weighted by Crippen LogP contribution is -2.21. The van der Waals surface area contributed by atoms with Crippen LogP contribution in [-0.2, 0) is 0 Å². The van der Waals surface area contributed by atoms with Crippen molar-refractivity contribution in [3.63, 3.8) is 0 Å². The van der Waals surface area contributed by atoms with Crippen molar-refractivity contribution in [3.8, 4) is 17.0 Å². The molecule has 2 unspecified atom stereocenters. The summed E-state index contributed by atoms with van der Waals surface area (Å²) < 4.78 is 5.93. The maximum absolute atomic E-state index is 5.93. The molecule has 118 valence electrons. The number of aryl methyl sites for hydroxylation is 2. The summed E-state index contributed by atoms with van der Waals surface area (Å²) in [6, 6.07) is 8.30. The Labute approximate surface area is 132 Å². The maximum Gasteiger partial charge on any atom is 0.125 e. The van der Waals surface area contributed by atoms with Crippen LogP contribution >= 0.6 is 0 Å². The minimum Gasteiger partial charge on any atom is -0.493 e. The molecule has 0 radical (unpaired) electrons. The van der Waals surface area contributed by atoms with Crippen LogP contribution in [0.3, 0.4) is 0 Å². The predicted molar refractivity (Wildman–Crippen MR) is 89.9 cm³/mol. The minimum absolute atomic E-state index is 0.211. The Morgan fingerprint density at radius 1 is 1.18 bits per heavy atom. The molecule has 2 atom stereocenters. The highest BCUT2D eigenvalue weighted by molar-refractivity contribution is 5.61. The van der Waals surface area contributed by atoms with Crippen LogP contribution in [0.25, 0.3) is 11.3 Å². The first-order valence-corrected chi connectivity index (χ1v) is 7.74. The molecule has 0 spiro atoms. The SMILES string of the molecule is Cc1nccc(-c2ccc(OCC(C)CC(C)N)c(C)c2)n1. The third-order valence-corrected chi connectivity index (χ3v) is 3.54. The molecule has 4 heteroatoms. The Hall–Kier alpha value is -1.94. The summed E-state index contributed by atoms with van der Waals surface area (Å²) in [6.07, 6.45) is 2.75. The van der Waals surface area contributed by atoms with Crippen molar-refractivity contribution in [2.24, 2.45) is 11.7 Å². The number of rotatable bonds is 6. The molecule has 2 rings (SSSR count). The second kappa shape index (κ2) is 7.36. The van der Waals surface area contributed by atoms with Crippen molar-refractivity contribution >= 4 is 0 Å². The number of aromatic nitrogens is 2. The molecule has 2 aromatic rings. The highest BCUT2D eigenvalue weighted by atomic mass is 16.5. The topological polar surface area (TPSA) is 61.0 Å². The zero-order valence-corrected chi connectivity index (χ0v) is 13.8. The molecule has 0 saturated heterocycles. The van der Waals surface area contributed by atoms with Gasteiger partial charge >= 0.3 is 0 Å². The molecule has 1 aromatic heterocycles. The predicted octanol–water partition coefficient (Wildman–Crippen LogP) is 3.51. The van der Waals surface area contributed by atoms with Crippen molar-refractivity contribution in [1.29, 1.82) is 0 Å². The van der Waals surface area contributed by atoms with Gasteiger partial charge in [-0.1, -0.05) is 6.92 Å². The van der Waals surface area contributed by atoms with Gasteiger partial charge in [-0.25, -0.2) is 9.97 Å². The van der Waals surface area contributed by atoms with Crippen molar-refractivity contribution in [2.45, 2.75) is 40.2 Å². The van der Waals surface area contributed by atoms with Crippen molar-refractivity contribution < 1.29 is 4.74 Å².